The van der Waals surface area contributed by atoms with Gasteiger partial charge in [0.1, 0.15) is 0 Å². The maximum absolute atomic E-state index is 12.5. The highest BCUT2D eigenvalue weighted by molar-refractivity contribution is 5.84. The number of nitrogens with one attached hydrogen (secondary N) is 1. The number of hydrogen-bond acceptors (Lipinski definition) is 1. The monoisotopic (exact) mass is 269 g/mol. The zero-order chi connectivity index (χ0) is 13.7. The molecule has 2 heteroatoms. The molecular weight excluding hydrogens is 246 g/mol. The molecule has 0 aliphatic heterocycles. The van der Waals surface area contributed by atoms with E-state index in [9.17, 15) is 4.79 Å². The first-order valence-electron chi connectivity index (χ1n) is 8.12. The van der Waals surface area contributed by atoms with Crippen molar-refractivity contribution in [3.8, 4) is 0 Å². The van der Waals surface area contributed by atoms with E-state index in [1.165, 1.54) is 36.8 Å². The fourth-order valence-corrected chi connectivity index (χ4v) is 4.56. The molecule has 0 aromatic heterocycles. The Balaban J connectivity index is 1.46. The largest absolute Gasteiger partial charge is 0.353 e. The average molecular weight is 269 g/mol. The summed E-state index contributed by atoms with van der Waals surface area (Å²) in [6.07, 6.45) is 5.96. The van der Waals surface area contributed by atoms with E-state index in [0.29, 0.717) is 23.8 Å². The first kappa shape index (κ1) is 12.4. The fraction of sp³-hybridized carbons (Fsp3) is 0.611. The number of aryl methyl sites for hydroxylation is 1. The smallest absolute Gasteiger partial charge is 0.224 e. The lowest BCUT2D eigenvalue weighted by atomic mass is 9.92. The van der Waals surface area contributed by atoms with E-state index in [4.69, 9.17) is 0 Å². The molecule has 1 amide bonds. The van der Waals surface area contributed by atoms with Crippen molar-refractivity contribution in [2.24, 2.45) is 17.8 Å². The van der Waals surface area contributed by atoms with Gasteiger partial charge in [0, 0.05) is 12.0 Å². The van der Waals surface area contributed by atoms with Gasteiger partial charge in [-0.05, 0) is 61.0 Å². The highest BCUT2D eigenvalue weighted by Crippen LogP contribution is 2.59. The molecule has 2 saturated carbocycles. The van der Waals surface area contributed by atoms with Crippen molar-refractivity contribution in [1.82, 2.24) is 5.32 Å². The Morgan fingerprint density at radius 2 is 2.05 bits per heavy atom. The van der Waals surface area contributed by atoms with Crippen LogP contribution in [0.3, 0.4) is 0 Å². The Labute approximate surface area is 121 Å². The van der Waals surface area contributed by atoms with Gasteiger partial charge < -0.3 is 5.32 Å². The summed E-state index contributed by atoms with van der Waals surface area (Å²) in [5.74, 6) is 2.50. The summed E-state index contributed by atoms with van der Waals surface area (Å²) < 4.78 is 0. The second-order valence-electron chi connectivity index (χ2n) is 7.08. The lowest BCUT2D eigenvalue weighted by molar-refractivity contribution is -0.123. The number of hydrogen-bond donors (Lipinski definition) is 1. The molecule has 2 fully saturated rings. The molecule has 4 rings (SSSR count). The molecule has 5 unspecified atom stereocenters. The van der Waals surface area contributed by atoms with Gasteiger partial charge in [-0.25, -0.2) is 0 Å². The first-order chi connectivity index (χ1) is 9.74. The van der Waals surface area contributed by atoms with Gasteiger partial charge in [-0.3, -0.25) is 4.79 Å². The van der Waals surface area contributed by atoms with E-state index >= 15 is 0 Å². The van der Waals surface area contributed by atoms with Crippen molar-refractivity contribution in [2.45, 2.75) is 51.0 Å². The summed E-state index contributed by atoms with van der Waals surface area (Å²) in [7, 11) is 0. The van der Waals surface area contributed by atoms with Crippen LogP contribution in [0, 0.1) is 17.8 Å². The van der Waals surface area contributed by atoms with Crippen LogP contribution in [0.25, 0.3) is 0 Å². The quantitative estimate of drug-likeness (QED) is 0.877. The lowest BCUT2D eigenvalue weighted by Crippen LogP contribution is -2.34. The van der Waals surface area contributed by atoms with Crippen molar-refractivity contribution < 1.29 is 4.79 Å². The maximum Gasteiger partial charge on any atom is 0.224 e. The summed E-state index contributed by atoms with van der Waals surface area (Å²) >= 11 is 0. The summed E-state index contributed by atoms with van der Waals surface area (Å²) in [5, 5.41) is 3.32. The maximum atomic E-state index is 12.5. The van der Waals surface area contributed by atoms with Gasteiger partial charge in [-0.1, -0.05) is 31.2 Å². The van der Waals surface area contributed by atoms with Crippen LogP contribution in [0.4, 0.5) is 0 Å². The van der Waals surface area contributed by atoms with Crippen LogP contribution in [0.5, 0.6) is 0 Å². The third kappa shape index (κ3) is 1.97. The van der Waals surface area contributed by atoms with Gasteiger partial charge >= 0.3 is 0 Å². The van der Waals surface area contributed by atoms with E-state index < -0.39 is 0 Å². The minimum absolute atomic E-state index is 0.259. The van der Waals surface area contributed by atoms with Gasteiger partial charge in [0.05, 0.1) is 0 Å². The SMILES string of the molecule is CC1CCC(NC(=O)C2C3CCc4ccccc4C32)C1. The van der Waals surface area contributed by atoms with E-state index in [1.807, 2.05) is 0 Å². The highest BCUT2D eigenvalue weighted by atomic mass is 16.2. The molecule has 106 valence electrons. The van der Waals surface area contributed by atoms with Crippen molar-refractivity contribution in [1.29, 1.82) is 0 Å². The molecule has 2 nitrogen and oxygen atoms in total. The molecule has 1 aromatic rings. The van der Waals surface area contributed by atoms with E-state index in [0.717, 1.165) is 12.3 Å². The minimum Gasteiger partial charge on any atom is -0.353 e. The standard InChI is InChI=1S/C18H23NO/c1-11-6-8-13(10-11)19-18(20)17-15-9-7-12-4-2-3-5-14(12)16(15)17/h2-5,11,13,15-17H,6-10H2,1H3,(H,19,20). The third-order valence-electron chi connectivity index (χ3n) is 5.67. The normalized spacial score (nSPS) is 38.0. The van der Waals surface area contributed by atoms with Crippen molar-refractivity contribution in [3.05, 3.63) is 35.4 Å². The summed E-state index contributed by atoms with van der Waals surface area (Å²) in [4.78, 5) is 12.5. The molecule has 0 saturated heterocycles. The van der Waals surface area contributed by atoms with E-state index in [2.05, 4.69) is 36.5 Å². The van der Waals surface area contributed by atoms with E-state index in [-0.39, 0.29) is 5.92 Å². The molecular formula is C18H23NO. The predicted octanol–water partition coefficient (Wildman–Crippen LogP) is 3.27. The highest BCUT2D eigenvalue weighted by Gasteiger charge is 2.57. The molecule has 3 aliphatic rings. The number of carbonyl (C=O) groups is 1. The molecule has 0 radical (unpaired) electrons. The number of amides is 1. The van der Waals surface area contributed by atoms with E-state index in [1.54, 1.807) is 0 Å². The van der Waals surface area contributed by atoms with Crippen LogP contribution in [-0.4, -0.2) is 11.9 Å². The number of carbonyl (C=O) groups excluding carboxylic acids is 1. The predicted molar refractivity (Wildman–Crippen MR) is 79.4 cm³/mol. The van der Waals surface area contributed by atoms with Gasteiger partial charge in [0.2, 0.25) is 5.91 Å². The van der Waals surface area contributed by atoms with Crippen LogP contribution < -0.4 is 5.32 Å². The summed E-state index contributed by atoms with van der Waals surface area (Å²) in [5.41, 5.74) is 2.92. The van der Waals surface area contributed by atoms with Crippen molar-refractivity contribution >= 4 is 5.91 Å². The number of benzene rings is 1. The fourth-order valence-electron chi connectivity index (χ4n) is 4.56. The van der Waals surface area contributed by atoms with Gasteiger partial charge in [-0.15, -0.1) is 0 Å². The molecule has 0 spiro atoms. The molecule has 0 heterocycles. The Bertz CT molecular complexity index is 538. The average Bonchev–Trinajstić information content (AvgIpc) is 3.08. The van der Waals surface area contributed by atoms with Gasteiger partial charge in [0.25, 0.3) is 0 Å². The van der Waals surface area contributed by atoms with Crippen LogP contribution in [0.15, 0.2) is 24.3 Å². The first-order valence-corrected chi connectivity index (χ1v) is 8.12. The minimum atomic E-state index is 0.259. The molecule has 5 atom stereocenters. The van der Waals surface area contributed by atoms with Crippen LogP contribution in [0.2, 0.25) is 0 Å². The van der Waals surface area contributed by atoms with Crippen molar-refractivity contribution in [2.75, 3.05) is 0 Å². The van der Waals surface area contributed by atoms with Gasteiger partial charge in [-0.2, -0.15) is 0 Å². The third-order valence-corrected chi connectivity index (χ3v) is 5.67. The zero-order valence-corrected chi connectivity index (χ0v) is 12.1. The molecule has 20 heavy (non-hydrogen) atoms. The lowest BCUT2D eigenvalue weighted by Gasteiger charge is -2.13. The van der Waals surface area contributed by atoms with Crippen LogP contribution in [-0.2, 0) is 11.2 Å². The Morgan fingerprint density at radius 1 is 1.20 bits per heavy atom. The Hall–Kier alpha value is -1.31. The Kier molecular flexibility index (Phi) is 2.87. The molecule has 3 aliphatic carbocycles. The molecule has 1 aromatic carbocycles. The number of rotatable bonds is 2. The number of fused-ring (bicyclic) bond motifs is 3. The van der Waals surface area contributed by atoms with Crippen LogP contribution in [0.1, 0.15) is 49.7 Å². The van der Waals surface area contributed by atoms with Gasteiger partial charge in [0.15, 0.2) is 0 Å². The topological polar surface area (TPSA) is 29.1 Å². The van der Waals surface area contributed by atoms with Crippen LogP contribution >= 0.6 is 0 Å². The summed E-state index contributed by atoms with van der Waals surface area (Å²) in [6.45, 7) is 2.29. The summed E-state index contributed by atoms with van der Waals surface area (Å²) in [6, 6.07) is 9.15. The van der Waals surface area contributed by atoms with Crippen molar-refractivity contribution in [3.63, 3.8) is 0 Å². The molecule has 0 bridgehead atoms. The second kappa shape index (κ2) is 4.61. The second-order valence-corrected chi connectivity index (χ2v) is 7.08. The Morgan fingerprint density at radius 3 is 2.85 bits per heavy atom. The molecule has 1 N–H and O–H groups in total. The zero-order valence-electron chi connectivity index (χ0n) is 12.1.